The molecule has 1 fully saturated rings. The lowest BCUT2D eigenvalue weighted by atomic mass is 10.0. The summed E-state index contributed by atoms with van der Waals surface area (Å²) in [6.45, 7) is 5.48. The fourth-order valence-electron chi connectivity index (χ4n) is 2.14. The Labute approximate surface area is 114 Å². The second kappa shape index (κ2) is 7.03. The number of aliphatic hydroxyl groups is 1. The molecule has 5 heteroatoms. The first-order valence-electron chi connectivity index (χ1n) is 6.64. The van der Waals surface area contributed by atoms with Gasteiger partial charge in [0, 0.05) is 0 Å². The minimum absolute atomic E-state index is 0.0906. The maximum absolute atomic E-state index is 11.4. The van der Waals surface area contributed by atoms with Gasteiger partial charge in [-0.3, -0.25) is 4.79 Å². The molecule has 5 nitrogen and oxygen atoms in total. The van der Waals surface area contributed by atoms with Gasteiger partial charge in [0.1, 0.15) is 12.2 Å². The van der Waals surface area contributed by atoms with Gasteiger partial charge in [0.05, 0.1) is 19.6 Å². The number of aliphatic hydroxyl groups excluding tert-OH is 1. The molecule has 1 aliphatic rings. The van der Waals surface area contributed by atoms with Gasteiger partial charge in [-0.25, -0.2) is 0 Å². The van der Waals surface area contributed by atoms with Crippen LogP contribution in [-0.4, -0.2) is 42.8 Å². The van der Waals surface area contributed by atoms with Gasteiger partial charge in [-0.1, -0.05) is 19.1 Å². The lowest BCUT2D eigenvalue weighted by Gasteiger charge is -2.16. The Morgan fingerprint density at radius 1 is 1.47 bits per heavy atom. The van der Waals surface area contributed by atoms with E-state index in [0.29, 0.717) is 6.42 Å². The van der Waals surface area contributed by atoms with Crippen molar-refractivity contribution >= 4 is 5.97 Å². The van der Waals surface area contributed by atoms with E-state index in [1.165, 1.54) is 7.11 Å². The molecule has 0 radical (unpaired) electrons. The highest BCUT2D eigenvalue weighted by Crippen LogP contribution is 2.28. The fraction of sp³-hybridized carbons (Fsp3) is 0.786. The van der Waals surface area contributed by atoms with Crippen LogP contribution < -0.4 is 0 Å². The SMILES string of the molecule is CCC(C/C=C/C1OC(C)(C)OC1CO)C(=O)OC. The number of ether oxygens (including phenoxy) is 3. The Morgan fingerprint density at radius 2 is 2.16 bits per heavy atom. The average Bonchev–Trinajstić information content (AvgIpc) is 2.68. The molecule has 0 spiro atoms. The van der Waals surface area contributed by atoms with E-state index in [-0.39, 0.29) is 30.7 Å². The maximum atomic E-state index is 11.4. The zero-order chi connectivity index (χ0) is 14.5. The van der Waals surface area contributed by atoms with Crippen molar-refractivity contribution in [3.8, 4) is 0 Å². The lowest BCUT2D eigenvalue weighted by molar-refractivity contribution is -0.146. The Balaban J connectivity index is 2.54. The topological polar surface area (TPSA) is 65.0 Å². The summed E-state index contributed by atoms with van der Waals surface area (Å²) in [4.78, 5) is 11.4. The molecule has 1 rings (SSSR count). The van der Waals surface area contributed by atoms with Gasteiger partial charge in [-0.15, -0.1) is 0 Å². The third kappa shape index (κ3) is 4.60. The van der Waals surface area contributed by atoms with Gasteiger partial charge in [0.15, 0.2) is 5.79 Å². The molecule has 0 aromatic carbocycles. The normalized spacial score (nSPS) is 27.6. The van der Waals surface area contributed by atoms with Gasteiger partial charge in [0.25, 0.3) is 0 Å². The molecule has 1 saturated heterocycles. The van der Waals surface area contributed by atoms with Crippen molar-refractivity contribution in [1.82, 2.24) is 0 Å². The molecule has 0 aromatic heterocycles. The lowest BCUT2D eigenvalue weighted by Crippen LogP contribution is -2.24. The second-order valence-electron chi connectivity index (χ2n) is 5.11. The molecule has 1 N–H and O–H groups in total. The standard InChI is InChI=1S/C14H24O5/c1-5-10(13(16)17-4)7-6-8-11-12(9-15)19-14(2,3)18-11/h6,8,10-12,15H,5,7,9H2,1-4H3/b8-6+. The van der Waals surface area contributed by atoms with Crippen molar-refractivity contribution in [2.45, 2.75) is 51.6 Å². The number of carbonyl (C=O) groups is 1. The molecule has 1 heterocycles. The van der Waals surface area contributed by atoms with E-state index in [4.69, 9.17) is 14.2 Å². The van der Waals surface area contributed by atoms with E-state index in [2.05, 4.69) is 0 Å². The molecule has 0 aliphatic carbocycles. The van der Waals surface area contributed by atoms with Crippen LogP contribution in [0.4, 0.5) is 0 Å². The number of allylic oxidation sites excluding steroid dienone is 1. The van der Waals surface area contributed by atoms with Crippen LogP contribution in [0.3, 0.4) is 0 Å². The molecule has 0 aromatic rings. The monoisotopic (exact) mass is 272 g/mol. The van der Waals surface area contributed by atoms with Crippen LogP contribution in [0.15, 0.2) is 12.2 Å². The highest BCUT2D eigenvalue weighted by Gasteiger charge is 2.39. The molecule has 3 atom stereocenters. The Bertz CT molecular complexity index is 324. The van der Waals surface area contributed by atoms with Crippen LogP contribution >= 0.6 is 0 Å². The number of methoxy groups -OCH3 is 1. The summed E-state index contributed by atoms with van der Waals surface area (Å²) in [6.07, 6.45) is 4.43. The molecule has 1 aliphatic heterocycles. The number of rotatable bonds is 6. The van der Waals surface area contributed by atoms with Crippen LogP contribution in [-0.2, 0) is 19.0 Å². The quantitative estimate of drug-likeness (QED) is 0.588. The minimum Gasteiger partial charge on any atom is -0.469 e. The van der Waals surface area contributed by atoms with Gasteiger partial charge < -0.3 is 19.3 Å². The number of hydrogen-bond acceptors (Lipinski definition) is 5. The highest BCUT2D eigenvalue weighted by atomic mass is 16.8. The van der Waals surface area contributed by atoms with Crippen LogP contribution in [0.5, 0.6) is 0 Å². The zero-order valence-corrected chi connectivity index (χ0v) is 12.1. The first kappa shape index (κ1) is 16.1. The van der Waals surface area contributed by atoms with E-state index in [0.717, 1.165) is 6.42 Å². The number of esters is 1. The van der Waals surface area contributed by atoms with Crippen LogP contribution in [0.2, 0.25) is 0 Å². The zero-order valence-electron chi connectivity index (χ0n) is 12.1. The van der Waals surface area contributed by atoms with Crippen molar-refractivity contribution in [1.29, 1.82) is 0 Å². The maximum Gasteiger partial charge on any atom is 0.308 e. The molecule has 0 bridgehead atoms. The van der Waals surface area contributed by atoms with E-state index in [1.807, 2.05) is 32.9 Å². The summed E-state index contributed by atoms with van der Waals surface area (Å²) in [5, 5.41) is 9.24. The van der Waals surface area contributed by atoms with E-state index in [1.54, 1.807) is 0 Å². The third-order valence-corrected chi connectivity index (χ3v) is 3.18. The van der Waals surface area contributed by atoms with Crippen LogP contribution in [0, 0.1) is 5.92 Å². The predicted octanol–water partition coefficient (Wildman–Crippen LogP) is 1.64. The summed E-state index contributed by atoms with van der Waals surface area (Å²) >= 11 is 0. The fourth-order valence-corrected chi connectivity index (χ4v) is 2.14. The van der Waals surface area contributed by atoms with Gasteiger partial charge >= 0.3 is 5.97 Å². The molecule has 19 heavy (non-hydrogen) atoms. The van der Waals surface area contributed by atoms with Crippen LogP contribution in [0.1, 0.15) is 33.6 Å². The first-order valence-corrected chi connectivity index (χ1v) is 6.64. The molecular formula is C14H24O5. The van der Waals surface area contributed by atoms with Gasteiger partial charge in [-0.2, -0.15) is 0 Å². The summed E-state index contributed by atoms with van der Waals surface area (Å²) in [6, 6.07) is 0. The predicted molar refractivity (Wildman–Crippen MR) is 70.5 cm³/mol. The Hall–Kier alpha value is -0.910. The second-order valence-corrected chi connectivity index (χ2v) is 5.11. The van der Waals surface area contributed by atoms with Crippen LogP contribution in [0.25, 0.3) is 0 Å². The smallest absolute Gasteiger partial charge is 0.308 e. The Kier molecular flexibility index (Phi) is 5.97. The molecule has 0 saturated carbocycles. The summed E-state index contributed by atoms with van der Waals surface area (Å²) in [7, 11) is 1.40. The van der Waals surface area contributed by atoms with Crippen molar-refractivity contribution in [3.05, 3.63) is 12.2 Å². The number of hydrogen-bond donors (Lipinski definition) is 1. The molecule has 3 unspecified atom stereocenters. The molecular weight excluding hydrogens is 248 g/mol. The van der Waals surface area contributed by atoms with E-state index < -0.39 is 5.79 Å². The Morgan fingerprint density at radius 3 is 2.68 bits per heavy atom. The van der Waals surface area contributed by atoms with Crippen molar-refractivity contribution in [3.63, 3.8) is 0 Å². The summed E-state index contributed by atoms with van der Waals surface area (Å²) in [5.41, 5.74) is 0. The van der Waals surface area contributed by atoms with E-state index in [9.17, 15) is 9.90 Å². The number of carbonyl (C=O) groups excluding carboxylic acids is 1. The van der Waals surface area contributed by atoms with Gasteiger partial charge in [-0.05, 0) is 26.7 Å². The summed E-state index contributed by atoms with van der Waals surface area (Å²) < 4.78 is 15.9. The van der Waals surface area contributed by atoms with Gasteiger partial charge in [0.2, 0.25) is 0 Å². The van der Waals surface area contributed by atoms with Crippen molar-refractivity contribution in [2.75, 3.05) is 13.7 Å². The third-order valence-electron chi connectivity index (χ3n) is 3.18. The molecule has 110 valence electrons. The summed E-state index contributed by atoms with van der Waals surface area (Å²) in [5.74, 6) is -1.02. The first-order chi connectivity index (χ1) is 8.93. The van der Waals surface area contributed by atoms with Crippen molar-refractivity contribution < 1.29 is 24.1 Å². The average molecular weight is 272 g/mol. The highest BCUT2D eigenvalue weighted by molar-refractivity contribution is 5.72. The largest absolute Gasteiger partial charge is 0.469 e. The minimum atomic E-state index is -0.686. The molecule has 0 amide bonds. The van der Waals surface area contributed by atoms with E-state index >= 15 is 0 Å². The van der Waals surface area contributed by atoms with Crippen molar-refractivity contribution in [2.24, 2.45) is 5.92 Å².